The Balaban J connectivity index is 1.39. The lowest BCUT2D eigenvalue weighted by atomic mass is 9.86. The predicted octanol–water partition coefficient (Wildman–Crippen LogP) is 2.56. The first kappa shape index (κ1) is 20.3. The Morgan fingerprint density at radius 1 is 1.17 bits per heavy atom. The molecule has 9 heteroatoms. The van der Waals surface area contributed by atoms with E-state index in [-0.39, 0.29) is 29.6 Å². The van der Waals surface area contributed by atoms with Crippen molar-refractivity contribution in [2.75, 3.05) is 26.2 Å². The highest BCUT2D eigenvalue weighted by Crippen LogP contribution is 2.49. The third-order valence-corrected chi connectivity index (χ3v) is 8.95. The lowest BCUT2D eigenvalue weighted by Gasteiger charge is -2.35. The minimum atomic E-state index is -3.84. The number of amides is 1. The molecule has 1 saturated heterocycles. The molecule has 8 nitrogen and oxygen atoms in total. The van der Waals surface area contributed by atoms with Crippen LogP contribution in [-0.4, -0.2) is 54.6 Å². The minimum Gasteiger partial charge on any atom is -0.340 e. The Hall–Kier alpha value is -2.00. The summed E-state index contributed by atoms with van der Waals surface area (Å²) in [6.45, 7) is 2.80. The second-order valence-corrected chi connectivity index (χ2v) is 10.5. The molecule has 1 aromatic carbocycles. The van der Waals surface area contributed by atoms with Crippen molar-refractivity contribution in [2.45, 2.75) is 43.9 Å². The third-order valence-electron chi connectivity index (χ3n) is 6.91. The molecular weight excluding hydrogens is 394 g/mol. The zero-order valence-corrected chi connectivity index (χ0v) is 17.4. The molecule has 2 saturated carbocycles. The van der Waals surface area contributed by atoms with Crippen LogP contribution in [0.4, 0.5) is 5.69 Å². The summed E-state index contributed by atoms with van der Waals surface area (Å²) in [7, 11) is -3.84. The van der Waals surface area contributed by atoms with E-state index in [0.29, 0.717) is 36.9 Å². The fourth-order valence-corrected chi connectivity index (χ4v) is 6.94. The maximum absolute atomic E-state index is 13.0. The number of non-ortho nitro benzene ring substituents is 1. The molecule has 4 rings (SSSR count). The molecule has 2 aliphatic carbocycles. The molecule has 3 fully saturated rings. The number of rotatable bonds is 5. The number of nitro benzene ring substituents is 1. The van der Waals surface area contributed by atoms with Gasteiger partial charge in [-0.25, -0.2) is 8.42 Å². The van der Waals surface area contributed by atoms with Gasteiger partial charge in [0.2, 0.25) is 15.9 Å². The first-order chi connectivity index (χ1) is 13.8. The van der Waals surface area contributed by atoms with Gasteiger partial charge < -0.3 is 4.90 Å². The summed E-state index contributed by atoms with van der Waals surface area (Å²) in [6, 6.07) is 3.89. The fourth-order valence-electron chi connectivity index (χ4n) is 5.28. The van der Waals surface area contributed by atoms with Crippen LogP contribution in [0.1, 0.15) is 37.7 Å². The standard InChI is InChI=1S/C20H27N3O5S/c1-14-2-5-18(23(25)26)13-19(14)29(27,28)22-8-6-21(7-9-22)20(24)12-17-11-15-3-4-16(17)10-15/h2,5,13,15-17H,3-4,6-12H2,1H3/t15-,16-,17+/m1/s1. The molecule has 3 atom stereocenters. The number of carbonyl (C=O) groups is 1. The Bertz CT molecular complexity index is 924. The molecule has 0 radical (unpaired) electrons. The number of carbonyl (C=O) groups excluding carboxylic acids is 1. The van der Waals surface area contributed by atoms with Gasteiger partial charge in [0, 0.05) is 44.7 Å². The van der Waals surface area contributed by atoms with Crippen molar-refractivity contribution in [3.05, 3.63) is 33.9 Å². The van der Waals surface area contributed by atoms with Gasteiger partial charge in [0.15, 0.2) is 0 Å². The Kier molecular flexibility index (Phi) is 5.37. The van der Waals surface area contributed by atoms with Crippen LogP contribution in [0.5, 0.6) is 0 Å². The molecule has 1 aromatic rings. The molecule has 0 N–H and O–H groups in total. The van der Waals surface area contributed by atoms with Gasteiger partial charge in [-0.2, -0.15) is 4.31 Å². The van der Waals surface area contributed by atoms with E-state index in [9.17, 15) is 23.3 Å². The fraction of sp³-hybridized carbons (Fsp3) is 0.650. The number of hydrogen-bond acceptors (Lipinski definition) is 5. The lowest BCUT2D eigenvalue weighted by Crippen LogP contribution is -2.50. The van der Waals surface area contributed by atoms with Gasteiger partial charge in [0.25, 0.3) is 5.69 Å². The van der Waals surface area contributed by atoms with Gasteiger partial charge >= 0.3 is 0 Å². The van der Waals surface area contributed by atoms with Gasteiger partial charge in [-0.05, 0) is 49.5 Å². The van der Waals surface area contributed by atoms with Crippen LogP contribution in [0.2, 0.25) is 0 Å². The highest BCUT2D eigenvalue weighted by molar-refractivity contribution is 7.89. The molecule has 0 unspecified atom stereocenters. The summed E-state index contributed by atoms with van der Waals surface area (Å²) in [5, 5.41) is 11.0. The van der Waals surface area contributed by atoms with Gasteiger partial charge in [-0.3, -0.25) is 14.9 Å². The topological polar surface area (TPSA) is 101 Å². The maximum Gasteiger partial charge on any atom is 0.270 e. The summed E-state index contributed by atoms with van der Waals surface area (Å²) < 4.78 is 27.4. The van der Waals surface area contributed by atoms with Crippen LogP contribution in [0.15, 0.2) is 23.1 Å². The van der Waals surface area contributed by atoms with Crippen molar-refractivity contribution in [1.29, 1.82) is 0 Å². The van der Waals surface area contributed by atoms with E-state index in [1.54, 1.807) is 11.8 Å². The van der Waals surface area contributed by atoms with Crippen molar-refractivity contribution in [2.24, 2.45) is 17.8 Å². The highest BCUT2D eigenvalue weighted by atomic mass is 32.2. The van der Waals surface area contributed by atoms with Crippen LogP contribution in [0, 0.1) is 34.8 Å². The van der Waals surface area contributed by atoms with E-state index in [1.165, 1.54) is 35.7 Å². The van der Waals surface area contributed by atoms with E-state index >= 15 is 0 Å². The van der Waals surface area contributed by atoms with Crippen molar-refractivity contribution < 1.29 is 18.1 Å². The van der Waals surface area contributed by atoms with Gasteiger partial charge in [0.05, 0.1) is 9.82 Å². The normalized spacial score (nSPS) is 27.3. The van der Waals surface area contributed by atoms with E-state index in [4.69, 9.17) is 0 Å². The zero-order valence-electron chi connectivity index (χ0n) is 16.6. The van der Waals surface area contributed by atoms with Crippen LogP contribution in [-0.2, 0) is 14.8 Å². The van der Waals surface area contributed by atoms with Crippen LogP contribution in [0.3, 0.4) is 0 Å². The van der Waals surface area contributed by atoms with Gasteiger partial charge in [0.1, 0.15) is 0 Å². The summed E-state index contributed by atoms with van der Waals surface area (Å²) >= 11 is 0. The predicted molar refractivity (Wildman–Crippen MR) is 107 cm³/mol. The number of fused-ring (bicyclic) bond motifs is 2. The molecule has 1 heterocycles. The minimum absolute atomic E-state index is 0.0338. The first-order valence-corrected chi connectivity index (χ1v) is 11.7. The number of nitrogens with zero attached hydrogens (tertiary/aromatic N) is 3. The molecule has 1 aliphatic heterocycles. The van der Waals surface area contributed by atoms with Gasteiger partial charge in [-0.1, -0.05) is 12.5 Å². The van der Waals surface area contributed by atoms with E-state index in [0.717, 1.165) is 18.4 Å². The third kappa shape index (κ3) is 3.90. The molecule has 158 valence electrons. The molecular formula is C20H27N3O5S. The summed E-state index contributed by atoms with van der Waals surface area (Å²) in [5.74, 6) is 2.13. The largest absolute Gasteiger partial charge is 0.340 e. The van der Waals surface area contributed by atoms with E-state index in [1.807, 2.05) is 0 Å². The van der Waals surface area contributed by atoms with E-state index in [2.05, 4.69) is 0 Å². The molecule has 0 aromatic heterocycles. The van der Waals surface area contributed by atoms with Crippen molar-refractivity contribution in [3.63, 3.8) is 0 Å². The van der Waals surface area contributed by atoms with Crippen molar-refractivity contribution >= 4 is 21.6 Å². The van der Waals surface area contributed by atoms with Crippen LogP contribution in [0.25, 0.3) is 0 Å². The average molecular weight is 422 g/mol. The summed E-state index contributed by atoms with van der Waals surface area (Å²) in [6.07, 6.45) is 5.57. The number of aryl methyl sites for hydroxylation is 1. The van der Waals surface area contributed by atoms with Crippen LogP contribution < -0.4 is 0 Å². The molecule has 29 heavy (non-hydrogen) atoms. The smallest absolute Gasteiger partial charge is 0.270 e. The average Bonchev–Trinajstić information content (AvgIpc) is 3.31. The number of benzene rings is 1. The SMILES string of the molecule is Cc1ccc([N+](=O)[O-])cc1S(=O)(=O)N1CCN(C(=O)C[C@@H]2C[C@@H]3CC[C@@H]2C3)CC1. The Labute approximate surface area is 171 Å². The zero-order chi connectivity index (χ0) is 20.8. The number of sulfonamides is 1. The van der Waals surface area contributed by atoms with Crippen molar-refractivity contribution in [3.8, 4) is 0 Å². The van der Waals surface area contributed by atoms with Gasteiger partial charge in [-0.15, -0.1) is 0 Å². The molecule has 0 spiro atoms. The quantitative estimate of drug-likeness (QED) is 0.537. The second-order valence-electron chi connectivity index (χ2n) is 8.63. The second kappa shape index (κ2) is 7.68. The monoisotopic (exact) mass is 421 g/mol. The number of piperazine rings is 1. The Morgan fingerprint density at radius 3 is 2.48 bits per heavy atom. The summed E-state index contributed by atoms with van der Waals surface area (Å²) in [5.41, 5.74) is 0.235. The molecule has 3 aliphatic rings. The highest BCUT2D eigenvalue weighted by Gasteiger charge is 2.41. The molecule has 2 bridgehead atoms. The summed E-state index contributed by atoms with van der Waals surface area (Å²) in [4.78, 5) is 24.9. The van der Waals surface area contributed by atoms with Crippen LogP contribution >= 0.6 is 0 Å². The lowest BCUT2D eigenvalue weighted by molar-refractivity contribution is -0.385. The Morgan fingerprint density at radius 2 is 1.90 bits per heavy atom. The molecule has 1 amide bonds. The maximum atomic E-state index is 13.0. The number of nitro groups is 1. The van der Waals surface area contributed by atoms with Crippen molar-refractivity contribution in [1.82, 2.24) is 9.21 Å². The van der Waals surface area contributed by atoms with E-state index < -0.39 is 14.9 Å². The number of hydrogen-bond donors (Lipinski definition) is 0. The first-order valence-electron chi connectivity index (χ1n) is 10.3.